The lowest BCUT2D eigenvalue weighted by Crippen LogP contribution is -2.45. The summed E-state index contributed by atoms with van der Waals surface area (Å²) in [5.41, 5.74) is 0.741. The summed E-state index contributed by atoms with van der Waals surface area (Å²) in [5.74, 6) is 0.00170. The molecule has 0 aromatic heterocycles. The fourth-order valence-corrected chi connectivity index (χ4v) is 2.89. The summed E-state index contributed by atoms with van der Waals surface area (Å²) < 4.78 is 42.0. The summed E-state index contributed by atoms with van der Waals surface area (Å²) >= 11 is 0. The van der Waals surface area contributed by atoms with E-state index in [4.69, 9.17) is 4.74 Å². The Labute approximate surface area is 172 Å². The number of ether oxygens (including phenoxy) is 1. The SMILES string of the molecule is CCNC(=NCc1cc(F)ccc1CS(C)(=O)=O)NCC(C)(C)OC.I. The van der Waals surface area contributed by atoms with Gasteiger partial charge in [-0.3, -0.25) is 0 Å². The minimum atomic E-state index is -3.21. The first-order chi connectivity index (χ1) is 11.6. The van der Waals surface area contributed by atoms with Crippen LogP contribution in [0.2, 0.25) is 0 Å². The number of rotatable bonds is 8. The van der Waals surface area contributed by atoms with Crippen molar-refractivity contribution >= 4 is 39.8 Å². The number of hydrogen-bond donors (Lipinski definition) is 2. The van der Waals surface area contributed by atoms with E-state index in [-0.39, 0.29) is 41.9 Å². The highest BCUT2D eigenvalue weighted by Gasteiger charge is 2.16. The molecular weight excluding hydrogens is 472 g/mol. The van der Waals surface area contributed by atoms with Crippen molar-refractivity contribution in [3.63, 3.8) is 0 Å². The van der Waals surface area contributed by atoms with Crippen LogP contribution in [-0.2, 0) is 26.9 Å². The molecule has 1 aromatic carbocycles. The molecule has 9 heteroatoms. The van der Waals surface area contributed by atoms with Crippen LogP contribution in [0.15, 0.2) is 23.2 Å². The second kappa shape index (κ2) is 11.0. The van der Waals surface area contributed by atoms with Gasteiger partial charge in [-0.15, -0.1) is 24.0 Å². The highest BCUT2D eigenvalue weighted by Crippen LogP contribution is 2.15. The van der Waals surface area contributed by atoms with Crippen molar-refractivity contribution in [1.29, 1.82) is 0 Å². The van der Waals surface area contributed by atoms with Crippen LogP contribution in [0.3, 0.4) is 0 Å². The van der Waals surface area contributed by atoms with E-state index < -0.39 is 15.7 Å². The van der Waals surface area contributed by atoms with Gasteiger partial charge in [0.05, 0.1) is 17.9 Å². The molecule has 0 aliphatic rings. The van der Waals surface area contributed by atoms with Crippen molar-refractivity contribution in [3.05, 3.63) is 35.1 Å². The fraction of sp³-hybridized carbons (Fsp3) is 0.588. The second-order valence-corrected chi connectivity index (χ2v) is 8.64. The molecule has 0 aliphatic heterocycles. The number of benzene rings is 1. The van der Waals surface area contributed by atoms with Gasteiger partial charge in [-0.05, 0) is 44.0 Å². The van der Waals surface area contributed by atoms with Crippen molar-refractivity contribution in [2.75, 3.05) is 26.5 Å². The molecule has 2 N–H and O–H groups in total. The van der Waals surface area contributed by atoms with E-state index in [0.717, 1.165) is 6.26 Å². The van der Waals surface area contributed by atoms with E-state index in [2.05, 4.69) is 15.6 Å². The Hall–Kier alpha value is -0.940. The predicted molar refractivity (Wildman–Crippen MR) is 114 cm³/mol. The van der Waals surface area contributed by atoms with Gasteiger partial charge in [0.1, 0.15) is 5.82 Å². The van der Waals surface area contributed by atoms with Gasteiger partial charge < -0.3 is 15.4 Å². The molecule has 0 heterocycles. The molecule has 1 aromatic rings. The first-order valence-electron chi connectivity index (χ1n) is 8.08. The molecule has 0 aliphatic carbocycles. The van der Waals surface area contributed by atoms with Gasteiger partial charge in [0.2, 0.25) is 0 Å². The van der Waals surface area contributed by atoms with Crippen LogP contribution in [0.25, 0.3) is 0 Å². The summed E-state index contributed by atoms with van der Waals surface area (Å²) in [6, 6.07) is 4.08. The van der Waals surface area contributed by atoms with Gasteiger partial charge >= 0.3 is 0 Å². The van der Waals surface area contributed by atoms with Crippen molar-refractivity contribution < 1.29 is 17.5 Å². The summed E-state index contributed by atoms with van der Waals surface area (Å²) in [6.45, 7) is 7.20. The maximum Gasteiger partial charge on any atom is 0.191 e. The van der Waals surface area contributed by atoms with Crippen LogP contribution >= 0.6 is 24.0 Å². The number of guanidine groups is 1. The molecule has 0 bridgehead atoms. The Bertz CT molecular complexity index is 709. The third-order valence-corrected chi connectivity index (χ3v) is 4.41. The van der Waals surface area contributed by atoms with Crippen molar-refractivity contribution in [2.45, 2.75) is 38.7 Å². The topological polar surface area (TPSA) is 79.8 Å². The van der Waals surface area contributed by atoms with E-state index in [1.54, 1.807) is 7.11 Å². The molecule has 6 nitrogen and oxygen atoms in total. The molecule has 0 spiro atoms. The summed E-state index contributed by atoms with van der Waals surface area (Å²) in [7, 11) is -1.58. The Kier molecular flexibility index (Phi) is 10.6. The molecular formula is C17H29FIN3O3S. The third-order valence-electron chi connectivity index (χ3n) is 3.57. The van der Waals surface area contributed by atoms with E-state index in [0.29, 0.717) is 30.2 Å². The molecule has 0 saturated heterocycles. The normalized spacial score (nSPS) is 12.5. The maximum absolute atomic E-state index is 13.6. The molecule has 0 amide bonds. The summed E-state index contributed by atoms with van der Waals surface area (Å²) in [6.07, 6.45) is 1.15. The lowest BCUT2D eigenvalue weighted by atomic mass is 10.1. The number of sulfone groups is 1. The number of nitrogens with zero attached hydrogens (tertiary/aromatic N) is 1. The second-order valence-electron chi connectivity index (χ2n) is 6.50. The van der Waals surface area contributed by atoms with Crippen LogP contribution in [0.1, 0.15) is 31.9 Å². The zero-order valence-electron chi connectivity index (χ0n) is 15.9. The van der Waals surface area contributed by atoms with Crippen LogP contribution < -0.4 is 10.6 Å². The largest absolute Gasteiger partial charge is 0.377 e. The zero-order chi connectivity index (χ0) is 19.1. The summed E-state index contributed by atoms with van der Waals surface area (Å²) in [5, 5.41) is 6.27. The Balaban J connectivity index is 0.00000625. The van der Waals surface area contributed by atoms with Gasteiger partial charge in [0.25, 0.3) is 0 Å². The molecule has 0 unspecified atom stereocenters. The number of halogens is 2. The standard InChI is InChI=1S/C17H28FN3O3S.HI/c1-6-19-16(21-12-17(2,3)24-4)20-10-14-9-15(18)8-7-13(14)11-25(5,22)23;/h7-9H,6,10-12H2,1-5H3,(H2,19,20,21);1H. The molecule has 150 valence electrons. The number of nitrogens with one attached hydrogen (secondary N) is 2. The molecule has 0 saturated carbocycles. The van der Waals surface area contributed by atoms with Gasteiger partial charge in [-0.1, -0.05) is 6.07 Å². The Morgan fingerprint density at radius 3 is 2.46 bits per heavy atom. The number of methoxy groups -OCH3 is 1. The van der Waals surface area contributed by atoms with Crippen molar-refractivity contribution in [1.82, 2.24) is 10.6 Å². The highest BCUT2D eigenvalue weighted by molar-refractivity contribution is 14.0. The molecule has 26 heavy (non-hydrogen) atoms. The number of hydrogen-bond acceptors (Lipinski definition) is 4. The zero-order valence-corrected chi connectivity index (χ0v) is 19.1. The smallest absolute Gasteiger partial charge is 0.191 e. The Morgan fingerprint density at radius 2 is 1.92 bits per heavy atom. The quantitative estimate of drug-likeness (QED) is 0.325. The first-order valence-corrected chi connectivity index (χ1v) is 10.1. The highest BCUT2D eigenvalue weighted by atomic mass is 127. The molecule has 0 fully saturated rings. The van der Waals surface area contributed by atoms with E-state index in [9.17, 15) is 12.8 Å². The maximum atomic E-state index is 13.6. The van der Waals surface area contributed by atoms with Crippen molar-refractivity contribution in [3.8, 4) is 0 Å². The van der Waals surface area contributed by atoms with E-state index >= 15 is 0 Å². The number of aliphatic imine (C=N–C) groups is 1. The summed E-state index contributed by atoms with van der Waals surface area (Å²) in [4.78, 5) is 4.43. The van der Waals surface area contributed by atoms with E-state index in [1.807, 2.05) is 20.8 Å². The van der Waals surface area contributed by atoms with Crippen LogP contribution in [-0.4, -0.2) is 46.4 Å². The average molecular weight is 501 g/mol. The molecule has 0 radical (unpaired) electrons. The lowest BCUT2D eigenvalue weighted by Gasteiger charge is -2.24. The minimum Gasteiger partial charge on any atom is -0.377 e. The van der Waals surface area contributed by atoms with Crippen LogP contribution in [0, 0.1) is 5.82 Å². The monoisotopic (exact) mass is 501 g/mol. The minimum absolute atomic E-state index is 0. The first kappa shape index (κ1) is 25.1. The lowest BCUT2D eigenvalue weighted by molar-refractivity contribution is 0.0268. The third kappa shape index (κ3) is 9.67. The van der Waals surface area contributed by atoms with Gasteiger partial charge in [0, 0.05) is 26.5 Å². The fourth-order valence-electron chi connectivity index (χ4n) is 2.04. The average Bonchev–Trinajstić information content (AvgIpc) is 2.51. The molecule has 1 rings (SSSR count). The predicted octanol–water partition coefficient (Wildman–Crippen LogP) is 2.47. The van der Waals surface area contributed by atoms with Gasteiger partial charge in [-0.25, -0.2) is 17.8 Å². The Morgan fingerprint density at radius 1 is 1.27 bits per heavy atom. The van der Waals surface area contributed by atoms with Gasteiger partial charge in [0.15, 0.2) is 15.8 Å². The van der Waals surface area contributed by atoms with Gasteiger partial charge in [-0.2, -0.15) is 0 Å². The van der Waals surface area contributed by atoms with Crippen LogP contribution in [0.4, 0.5) is 4.39 Å². The van der Waals surface area contributed by atoms with Crippen molar-refractivity contribution in [2.24, 2.45) is 4.99 Å². The van der Waals surface area contributed by atoms with Crippen LogP contribution in [0.5, 0.6) is 0 Å². The van der Waals surface area contributed by atoms with E-state index in [1.165, 1.54) is 18.2 Å². The molecule has 0 atom stereocenters.